The molecule has 0 aromatic rings. The lowest BCUT2D eigenvalue weighted by molar-refractivity contribution is 0.425. The molecule has 57 valence electrons. The van der Waals surface area contributed by atoms with Crippen molar-refractivity contribution in [2.24, 2.45) is 0 Å². The Hall–Kier alpha value is -0.333. The van der Waals surface area contributed by atoms with E-state index in [1.807, 2.05) is 13.1 Å². The van der Waals surface area contributed by atoms with E-state index in [2.05, 4.69) is 6.07 Å². The molecule has 0 rings (SSSR count). The fourth-order valence-corrected chi connectivity index (χ4v) is 1.86. The second-order valence-electron chi connectivity index (χ2n) is 3.12. The molecule has 0 unspecified atom stereocenters. The lowest BCUT2D eigenvalue weighted by atomic mass is 10.3. The molecule has 0 bridgehead atoms. The topological polar surface area (TPSA) is 43.7 Å². The minimum absolute atomic E-state index is 0.602. The standard InChI is InChI=1S/C7H14NOSi/c1-10(2,9)7-5-3-4-6-8/h3-5,7H2,1-2H3. The second kappa shape index (κ2) is 4.48. The molecule has 0 aliphatic carbocycles. The van der Waals surface area contributed by atoms with Crippen LogP contribution in [-0.4, -0.2) is 8.32 Å². The van der Waals surface area contributed by atoms with Crippen molar-refractivity contribution in [1.82, 2.24) is 0 Å². The Morgan fingerprint density at radius 1 is 1.40 bits per heavy atom. The van der Waals surface area contributed by atoms with Crippen molar-refractivity contribution in [3.05, 3.63) is 0 Å². The summed E-state index contributed by atoms with van der Waals surface area (Å²) < 4.78 is 0. The molecule has 0 saturated heterocycles. The summed E-state index contributed by atoms with van der Waals surface area (Å²) >= 11 is 0. The molecule has 0 fully saturated rings. The molecule has 0 aromatic heterocycles. The molecule has 0 aliphatic heterocycles. The normalized spacial score (nSPS) is 11.0. The molecule has 0 aliphatic rings. The van der Waals surface area contributed by atoms with E-state index in [4.69, 9.17) is 5.26 Å². The van der Waals surface area contributed by atoms with E-state index in [9.17, 15) is 4.80 Å². The van der Waals surface area contributed by atoms with Gasteiger partial charge in [-0.25, -0.2) is 0 Å². The lowest BCUT2D eigenvalue weighted by Gasteiger charge is -2.08. The van der Waals surface area contributed by atoms with Gasteiger partial charge in [0.1, 0.15) is 0 Å². The molecule has 0 amide bonds. The molecular formula is C7H14NOSi. The Bertz CT molecular complexity index is 123. The first-order valence-corrected chi connectivity index (χ1v) is 6.75. The molecular weight excluding hydrogens is 142 g/mol. The Balaban J connectivity index is 3.14. The van der Waals surface area contributed by atoms with Gasteiger partial charge in [-0.3, -0.25) is 4.80 Å². The van der Waals surface area contributed by atoms with Crippen LogP contribution in [-0.2, 0) is 4.80 Å². The zero-order valence-electron chi connectivity index (χ0n) is 6.68. The van der Waals surface area contributed by atoms with Crippen LogP contribution in [0.2, 0.25) is 19.1 Å². The van der Waals surface area contributed by atoms with Crippen molar-refractivity contribution in [3.63, 3.8) is 0 Å². The Morgan fingerprint density at radius 3 is 2.40 bits per heavy atom. The average molecular weight is 156 g/mol. The molecule has 0 aromatic carbocycles. The van der Waals surface area contributed by atoms with E-state index in [1.165, 1.54) is 0 Å². The summed E-state index contributed by atoms with van der Waals surface area (Å²) in [5, 5.41) is 8.18. The average Bonchev–Trinajstić information content (AvgIpc) is 1.78. The summed E-state index contributed by atoms with van der Waals surface area (Å²) in [5.74, 6) is 0. The van der Waals surface area contributed by atoms with Crippen LogP contribution in [0, 0.1) is 11.3 Å². The first kappa shape index (κ1) is 9.67. The van der Waals surface area contributed by atoms with Crippen molar-refractivity contribution in [2.75, 3.05) is 0 Å². The third-order valence-electron chi connectivity index (χ3n) is 1.32. The molecule has 3 heteroatoms. The van der Waals surface area contributed by atoms with E-state index in [0.717, 1.165) is 18.9 Å². The van der Waals surface area contributed by atoms with Gasteiger partial charge in [0.25, 0.3) is 0 Å². The van der Waals surface area contributed by atoms with Gasteiger partial charge < -0.3 is 0 Å². The van der Waals surface area contributed by atoms with E-state index in [1.54, 1.807) is 0 Å². The minimum atomic E-state index is -2.07. The summed E-state index contributed by atoms with van der Waals surface area (Å²) in [4.78, 5) is 11.1. The van der Waals surface area contributed by atoms with Crippen LogP contribution in [0.1, 0.15) is 19.3 Å². The third kappa shape index (κ3) is 7.67. The first-order chi connectivity index (χ1) is 4.56. The van der Waals surface area contributed by atoms with Crippen LogP contribution in [0.3, 0.4) is 0 Å². The summed E-state index contributed by atoms with van der Waals surface area (Å²) in [6.07, 6.45) is 2.44. The van der Waals surface area contributed by atoms with Gasteiger partial charge >= 0.3 is 0 Å². The Labute approximate surface area is 63.6 Å². The lowest BCUT2D eigenvalue weighted by Crippen LogP contribution is -2.21. The van der Waals surface area contributed by atoms with E-state index >= 15 is 0 Å². The predicted octanol–water partition coefficient (Wildman–Crippen LogP) is 2.32. The Kier molecular flexibility index (Phi) is 4.33. The van der Waals surface area contributed by atoms with E-state index in [0.29, 0.717) is 6.42 Å². The largest absolute Gasteiger partial charge is 0.298 e. The molecule has 0 atom stereocenters. The summed E-state index contributed by atoms with van der Waals surface area (Å²) in [6.45, 7) is 3.64. The highest BCUT2D eigenvalue weighted by Crippen LogP contribution is 2.11. The van der Waals surface area contributed by atoms with Gasteiger partial charge in [-0.2, -0.15) is 5.26 Å². The monoisotopic (exact) mass is 156 g/mol. The molecule has 0 spiro atoms. The SMILES string of the molecule is C[Si](C)([O])CCCCC#N. The highest BCUT2D eigenvalue weighted by atomic mass is 28.4. The van der Waals surface area contributed by atoms with Crippen LogP contribution in [0.15, 0.2) is 0 Å². The fourth-order valence-electron chi connectivity index (χ4n) is 0.755. The molecule has 1 radical (unpaired) electrons. The quantitative estimate of drug-likeness (QED) is 0.455. The van der Waals surface area contributed by atoms with Crippen LogP contribution in [0.25, 0.3) is 0 Å². The van der Waals surface area contributed by atoms with Gasteiger partial charge in [0.05, 0.1) is 6.07 Å². The van der Waals surface area contributed by atoms with Gasteiger partial charge in [-0.1, -0.05) is 6.42 Å². The van der Waals surface area contributed by atoms with Gasteiger partial charge in [0.2, 0.25) is 8.32 Å². The smallest absolute Gasteiger partial charge is 0.231 e. The number of nitrogens with zero attached hydrogens (tertiary/aromatic N) is 1. The van der Waals surface area contributed by atoms with Crippen LogP contribution < -0.4 is 0 Å². The molecule has 10 heavy (non-hydrogen) atoms. The van der Waals surface area contributed by atoms with Gasteiger partial charge in [-0.15, -0.1) is 0 Å². The van der Waals surface area contributed by atoms with Crippen molar-refractivity contribution < 1.29 is 4.80 Å². The van der Waals surface area contributed by atoms with E-state index in [-0.39, 0.29) is 0 Å². The summed E-state index contributed by atoms with van der Waals surface area (Å²) in [7, 11) is -2.07. The number of rotatable bonds is 4. The van der Waals surface area contributed by atoms with Crippen molar-refractivity contribution in [3.8, 4) is 6.07 Å². The number of hydrogen-bond acceptors (Lipinski definition) is 1. The van der Waals surface area contributed by atoms with E-state index < -0.39 is 8.32 Å². The maximum atomic E-state index is 11.1. The van der Waals surface area contributed by atoms with Crippen molar-refractivity contribution in [2.45, 2.75) is 38.4 Å². The predicted molar refractivity (Wildman–Crippen MR) is 42.4 cm³/mol. The summed E-state index contributed by atoms with van der Waals surface area (Å²) in [6, 6.07) is 2.88. The van der Waals surface area contributed by atoms with Crippen molar-refractivity contribution >= 4 is 8.32 Å². The fraction of sp³-hybridized carbons (Fsp3) is 0.857. The van der Waals surface area contributed by atoms with Crippen LogP contribution in [0.4, 0.5) is 0 Å². The third-order valence-corrected chi connectivity index (χ3v) is 2.88. The first-order valence-electron chi connectivity index (χ1n) is 3.63. The zero-order valence-corrected chi connectivity index (χ0v) is 7.68. The maximum absolute atomic E-state index is 11.1. The minimum Gasteiger partial charge on any atom is -0.298 e. The molecule has 0 heterocycles. The Morgan fingerprint density at radius 2 is 2.00 bits per heavy atom. The van der Waals surface area contributed by atoms with Crippen molar-refractivity contribution in [1.29, 1.82) is 5.26 Å². The summed E-state index contributed by atoms with van der Waals surface area (Å²) in [5.41, 5.74) is 0. The highest BCUT2D eigenvalue weighted by molar-refractivity contribution is 6.69. The van der Waals surface area contributed by atoms with Gasteiger partial charge in [0.15, 0.2) is 0 Å². The number of hydrogen-bond donors (Lipinski definition) is 0. The van der Waals surface area contributed by atoms with Gasteiger partial charge in [-0.05, 0) is 25.6 Å². The molecule has 0 saturated carbocycles. The van der Waals surface area contributed by atoms with Gasteiger partial charge in [0, 0.05) is 6.42 Å². The maximum Gasteiger partial charge on any atom is 0.231 e. The highest BCUT2D eigenvalue weighted by Gasteiger charge is 2.18. The van der Waals surface area contributed by atoms with Crippen LogP contribution in [0.5, 0.6) is 0 Å². The van der Waals surface area contributed by atoms with Crippen LogP contribution >= 0.6 is 0 Å². The molecule has 0 N–H and O–H groups in total. The zero-order chi connectivity index (χ0) is 8.04. The molecule has 2 nitrogen and oxygen atoms in total. The number of unbranched alkanes of at least 4 members (excludes halogenated alkanes) is 2. The second-order valence-corrected chi connectivity index (χ2v) is 7.14. The number of nitriles is 1.